The molecule has 0 aromatic heterocycles. The first-order chi connectivity index (χ1) is 28.5. The molecule has 0 fully saturated rings. The van der Waals surface area contributed by atoms with Crippen molar-refractivity contribution in [2.24, 2.45) is 27.9 Å². The van der Waals surface area contributed by atoms with Crippen LogP contribution in [-0.2, 0) is 52.9 Å². The van der Waals surface area contributed by atoms with E-state index >= 15 is 0 Å². The second-order valence-corrected chi connectivity index (χ2v) is 13.8. The molecule has 0 radical (unpaired) electrons. The lowest BCUT2D eigenvalue weighted by atomic mass is 10.0. The third-order valence-electron chi connectivity index (χ3n) is 8.93. The molecule has 0 saturated carbocycles. The molecule has 3 rings (SSSR count). The highest BCUT2D eigenvalue weighted by Gasteiger charge is 2.38. The normalized spacial score (nSPS) is 20.1. The van der Waals surface area contributed by atoms with Crippen LogP contribution < -0.4 is 49.5 Å². The molecule has 1 heterocycles. The van der Waals surface area contributed by atoms with Crippen molar-refractivity contribution in [3.05, 3.63) is 71.3 Å². The molecule has 18 nitrogen and oxygen atoms in total. The second-order valence-electron chi connectivity index (χ2n) is 13.8. The van der Waals surface area contributed by atoms with E-state index in [9.17, 15) is 37.1 Å². The molecule has 0 spiro atoms. The maximum atomic E-state index is 13.6. The molecule has 5 amide bonds. The summed E-state index contributed by atoms with van der Waals surface area (Å²) in [6.45, 7) is 0.739. The van der Waals surface area contributed by atoms with Gasteiger partial charge in [-0.25, -0.2) is 9.79 Å². The van der Waals surface area contributed by atoms with Gasteiger partial charge in [0.15, 0.2) is 5.96 Å². The van der Waals surface area contributed by atoms with E-state index in [2.05, 4.69) is 31.6 Å². The van der Waals surface area contributed by atoms with E-state index in [1.54, 1.807) is 18.2 Å². The van der Waals surface area contributed by atoms with Crippen molar-refractivity contribution < 1.29 is 51.8 Å². The van der Waals surface area contributed by atoms with E-state index in [4.69, 9.17) is 37.6 Å². The predicted octanol–water partition coefficient (Wildman–Crippen LogP) is -0.0402. The van der Waals surface area contributed by atoms with Crippen LogP contribution in [0.25, 0.3) is 0 Å². The summed E-state index contributed by atoms with van der Waals surface area (Å²) in [6.07, 6.45) is -1.14. The molecule has 1 aliphatic heterocycles. The van der Waals surface area contributed by atoms with Crippen LogP contribution in [0.4, 0.5) is 13.2 Å². The van der Waals surface area contributed by atoms with Crippen molar-refractivity contribution >= 4 is 41.5 Å². The minimum absolute atomic E-state index is 0.0220. The standard InChI is InChI=1S/C37H56N10O6.C2HF3O2/c38-18-6-4-13-28-34(50)43-24-53-20-17-31(47-37(40)41)36(52)46-30(16-15-25-9-2-1-3-10-25)33(49)42-23-27-12-8-11-26(21-27)22-32(48)44-29(35(51)45-28)14-5-7-19-39;3-2(4,5)1(6)7/h1-3,8-12,21,28-31H,4-7,13-20,22-24,38-39H2,(H,42,49)(H,43,50)(H,44,48)(H,45,51)(H,46,52)(H4,40,41,47);(H,6,7)/t28-,29-,30+,31+;/m0./s1. The third-order valence-corrected chi connectivity index (χ3v) is 8.93. The lowest BCUT2D eigenvalue weighted by Gasteiger charge is -2.23. The Morgan fingerprint density at radius 3 is 1.92 bits per heavy atom. The predicted molar refractivity (Wildman–Crippen MR) is 215 cm³/mol. The number of halogens is 3. The summed E-state index contributed by atoms with van der Waals surface area (Å²) >= 11 is 0. The van der Waals surface area contributed by atoms with Gasteiger partial charge < -0.3 is 59.4 Å². The molecule has 21 heteroatoms. The van der Waals surface area contributed by atoms with Gasteiger partial charge in [-0.1, -0.05) is 54.6 Å². The first-order valence-electron chi connectivity index (χ1n) is 19.5. The number of nitrogens with zero attached hydrogens (tertiary/aromatic N) is 1. The van der Waals surface area contributed by atoms with Crippen LogP contribution in [-0.4, -0.2) is 103 Å². The number of fused-ring (bicyclic) bond motifs is 2. The number of carbonyl (C=O) groups excluding carboxylic acids is 5. The van der Waals surface area contributed by atoms with Crippen molar-refractivity contribution in [1.82, 2.24) is 26.6 Å². The number of nitrogens with one attached hydrogen (secondary N) is 5. The Balaban J connectivity index is 0.00000162. The van der Waals surface area contributed by atoms with Gasteiger partial charge in [0, 0.05) is 13.0 Å². The molecule has 0 unspecified atom stereocenters. The highest BCUT2D eigenvalue weighted by Crippen LogP contribution is 2.14. The Bertz CT molecular complexity index is 1710. The molecule has 2 aromatic rings. The lowest BCUT2D eigenvalue weighted by Crippen LogP contribution is -2.54. The molecule has 0 aliphatic carbocycles. The highest BCUT2D eigenvalue weighted by atomic mass is 19.4. The van der Waals surface area contributed by atoms with Gasteiger partial charge in [-0.05, 0) is 81.1 Å². The monoisotopic (exact) mass is 850 g/mol. The smallest absolute Gasteiger partial charge is 0.475 e. The summed E-state index contributed by atoms with van der Waals surface area (Å²) in [5.74, 6) is -5.41. The van der Waals surface area contributed by atoms with E-state index in [1.807, 2.05) is 36.4 Å². The Kier molecular flexibility index (Phi) is 22.7. The van der Waals surface area contributed by atoms with Crippen molar-refractivity contribution in [2.45, 2.75) is 101 Å². The Labute approximate surface area is 346 Å². The minimum atomic E-state index is -5.08. The van der Waals surface area contributed by atoms with E-state index in [0.29, 0.717) is 70.0 Å². The maximum Gasteiger partial charge on any atom is 0.490 e. The number of aryl methyl sites for hydroxylation is 1. The molecule has 4 atom stereocenters. The number of carboxylic acid groups (broad SMARTS) is 1. The number of aliphatic carboxylic acids is 1. The van der Waals surface area contributed by atoms with Gasteiger partial charge in [-0.15, -0.1) is 0 Å². The number of aliphatic imine (C=N–C) groups is 1. The number of amides is 5. The van der Waals surface area contributed by atoms with Gasteiger partial charge in [0.2, 0.25) is 29.5 Å². The van der Waals surface area contributed by atoms with Crippen LogP contribution in [0, 0.1) is 0 Å². The molecule has 332 valence electrons. The summed E-state index contributed by atoms with van der Waals surface area (Å²) in [5, 5.41) is 21.1. The zero-order valence-electron chi connectivity index (χ0n) is 33.3. The van der Waals surface area contributed by atoms with E-state index in [-0.39, 0.29) is 44.6 Å². The first-order valence-corrected chi connectivity index (χ1v) is 19.5. The van der Waals surface area contributed by atoms with Crippen LogP contribution >= 0.6 is 0 Å². The molecule has 0 saturated heterocycles. The van der Waals surface area contributed by atoms with Crippen LogP contribution in [0.15, 0.2) is 59.6 Å². The number of guanidine groups is 1. The zero-order valence-corrected chi connectivity index (χ0v) is 33.3. The van der Waals surface area contributed by atoms with Gasteiger partial charge >= 0.3 is 12.1 Å². The van der Waals surface area contributed by atoms with Crippen LogP contribution in [0.1, 0.15) is 68.1 Å². The Morgan fingerprint density at radius 2 is 1.32 bits per heavy atom. The number of alkyl halides is 3. The fourth-order valence-corrected chi connectivity index (χ4v) is 5.83. The van der Waals surface area contributed by atoms with Crippen LogP contribution in [0.2, 0.25) is 0 Å². The Hall–Kier alpha value is -5.80. The minimum Gasteiger partial charge on any atom is -0.475 e. The number of nitrogens with two attached hydrogens (primary N) is 4. The zero-order chi connectivity index (χ0) is 44.5. The van der Waals surface area contributed by atoms with Gasteiger partial charge in [0.25, 0.3) is 0 Å². The molecule has 14 N–H and O–H groups in total. The SMILES string of the molecule is NCCCC[C@@H]1NC(=O)Cc2cccc(c2)CNC(=O)[C@@H](CCc2ccccc2)NC(=O)[C@H](N=C(N)N)CCOCNC(=O)[C@H](CCCCN)NC1=O.O=C(O)C(F)(F)F. The van der Waals surface area contributed by atoms with Gasteiger partial charge in [0.05, 0.1) is 13.0 Å². The number of carboxylic acids is 1. The number of rotatable bonds is 12. The van der Waals surface area contributed by atoms with E-state index in [0.717, 1.165) is 11.1 Å². The molecular formula is C39H57F3N10O8. The fraction of sp³-hybridized carbons (Fsp3) is 0.513. The number of carbonyl (C=O) groups is 6. The maximum absolute atomic E-state index is 13.6. The van der Waals surface area contributed by atoms with Crippen LogP contribution in [0.5, 0.6) is 0 Å². The van der Waals surface area contributed by atoms with Gasteiger partial charge in [-0.3, -0.25) is 24.0 Å². The number of ether oxygens (including phenoxy) is 1. The first kappa shape index (κ1) is 50.3. The van der Waals surface area contributed by atoms with Gasteiger partial charge in [0.1, 0.15) is 30.9 Å². The highest BCUT2D eigenvalue weighted by molar-refractivity contribution is 5.93. The van der Waals surface area contributed by atoms with Crippen molar-refractivity contribution in [2.75, 3.05) is 26.4 Å². The Morgan fingerprint density at radius 1 is 0.750 bits per heavy atom. The number of hydrogen-bond acceptors (Lipinski definition) is 10. The lowest BCUT2D eigenvalue weighted by molar-refractivity contribution is -0.192. The van der Waals surface area contributed by atoms with Crippen LogP contribution in [0.3, 0.4) is 0 Å². The fourth-order valence-electron chi connectivity index (χ4n) is 5.83. The molecule has 2 aromatic carbocycles. The summed E-state index contributed by atoms with van der Waals surface area (Å²) in [7, 11) is 0. The second kappa shape index (κ2) is 27.1. The topological polar surface area (TPSA) is 308 Å². The summed E-state index contributed by atoms with van der Waals surface area (Å²) in [6, 6.07) is 12.9. The van der Waals surface area contributed by atoms with Crippen molar-refractivity contribution in [1.29, 1.82) is 0 Å². The molecular weight excluding hydrogens is 793 g/mol. The number of unbranched alkanes of at least 4 members (excludes halogenated alkanes) is 2. The van der Waals surface area contributed by atoms with Gasteiger partial charge in [-0.2, -0.15) is 13.2 Å². The largest absolute Gasteiger partial charge is 0.490 e. The number of benzene rings is 2. The van der Waals surface area contributed by atoms with Crippen molar-refractivity contribution in [3.8, 4) is 0 Å². The molecule has 2 bridgehead atoms. The quantitative estimate of drug-likeness (QED) is 0.0765. The number of hydrogen-bond donors (Lipinski definition) is 10. The summed E-state index contributed by atoms with van der Waals surface area (Å²) < 4.78 is 37.4. The van der Waals surface area contributed by atoms with E-state index in [1.165, 1.54) is 0 Å². The van der Waals surface area contributed by atoms with E-state index < -0.39 is 59.9 Å². The average molecular weight is 851 g/mol. The average Bonchev–Trinajstić information content (AvgIpc) is 3.20. The van der Waals surface area contributed by atoms with Crippen molar-refractivity contribution in [3.63, 3.8) is 0 Å². The summed E-state index contributed by atoms with van der Waals surface area (Å²) in [5.41, 5.74) is 25.0. The molecule has 1 aliphatic rings. The third kappa shape index (κ3) is 20.3. The summed E-state index contributed by atoms with van der Waals surface area (Å²) in [4.78, 5) is 80.1. The molecule has 60 heavy (non-hydrogen) atoms.